The number of nitrogens with one attached hydrogen (secondary N) is 1. The van der Waals surface area contributed by atoms with Gasteiger partial charge in [-0.15, -0.1) is 0 Å². The van der Waals surface area contributed by atoms with E-state index in [0.717, 1.165) is 16.9 Å². The van der Waals surface area contributed by atoms with Gasteiger partial charge in [-0.25, -0.2) is 4.79 Å². The van der Waals surface area contributed by atoms with Gasteiger partial charge in [0, 0.05) is 32.0 Å². The summed E-state index contributed by atoms with van der Waals surface area (Å²) in [6.45, 7) is 4.07. The van der Waals surface area contributed by atoms with Crippen LogP contribution in [0.5, 0.6) is 0 Å². The third-order valence-electron chi connectivity index (χ3n) is 3.72. The molecule has 2 N–H and O–H groups in total. The molecule has 0 atom stereocenters. The van der Waals surface area contributed by atoms with Crippen molar-refractivity contribution in [2.24, 2.45) is 0 Å². The number of benzene rings is 2. The van der Waals surface area contributed by atoms with E-state index >= 15 is 0 Å². The summed E-state index contributed by atoms with van der Waals surface area (Å²) < 4.78 is 0. The van der Waals surface area contributed by atoms with E-state index in [1.54, 1.807) is 18.7 Å². The standard InChI is InChI=1S/C20H27N3O2/c1-20(2,25)15-23(14-16-8-6-5-7-9-16)19(24)21-17-10-12-18(13-11-17)22(3)4/h5-13,25H,14-15H2,1-4H3,(H,21,24). The first kappa shape index (κ1) is 18.8. The van der Waals surface area contributed by atoms with Gasteiger partial charge in [0.2, 0.25) is 0 Å². The Morgan fingerprint density at radius 2 is 1.64 bits per heavy atom. The molecule has 0 bridgehead atoms. The van der Waals surface area contributed by atoms with Crippen LogP contribution in [0.3, 0.4) is 0 Å². The van der Waals surface area contributed by atoms with Gasteiger partial charge < -0.3 is 20.2 Å². The Hall–Kier alpha value is -2.53. The van der Waals surface area contributed by atoms with Crippen molar-refractivity contribution in [2.75, 3.05) is 30.9 Å². The monoisotopic (exact) mass is 341 g/mol. The van der Waals surface area contributed by atoms with Gasteiger partial charge in [-0.1, -0.05) is 30.3 Å². The number of carbonyl (C=O) groups is 1. The molecule has 0 unspecified atom stereocenters. The van der Waals surface area contributed by atoms with Gasteiger partial charge >= 0.3 is 6.03 Å². The van der Waals surface area contributed by atoms with Gasteiger partial charge in [0.1, 0.15) is 0 Å². The highest BCUT2D eigenvalue weighted by molar-refractivity contribution is 5.89. The Labute approximate surface area is 149 Å². The van der Waals surface area contributed by atoms with Crippen LogP contribution in [0, 0.1) is 0 Å². The first-order valence-corrected chi connectivity index (χ1v) is 8.34. The summed E-state index contributed by atoms with van der Waals surface area (Å²) >= 11 is 0. The molecule has 2 aromatic carbocycles. The molecule has 5 nitrogen and oxygen atoms in total. The Bertz CT molecular complexity index is 676. The van der Waals surface area contributed by atoms with Crippen LogP contribution < -0.4 is 10.2 Å². The fraction of sp³-hybridized carbons (Fsp3) is 0.350. The minimum absolute atomic E-state index is 0.233. The summed E-state index contributed by atoms with van der Waals surface area (Å²) in [6.07, 6.45) is 0. The lowest BCUT2D eigenvalue weighted by Gasteiger charge is -2.29. The molecule has 0 saturated carbocycles. The fourth-order valence-electron chi connectivity index (χ4n) is 2.52. The molecule has 0 radical (unpaired) electrons. The molecular formula is C20H27N3O2. The van der Waals surface area contributed by atoms with Crippen molar-refractivity contribution in [3.8, 4) is 0 Å². The first-order chi connectivity index (χ1) is 11.7. The van der Waals surface area contributed by atoms with Gasteiger partial charge in [-0.05, 0) is 43.7 Å². The van der Waals surface area contributed by atoms with Crippen LogP contribution in [0.4, 0.5) is 16.2 Å². The van der Waals surface area contributed by atoms with Crippen molar-refractivity contribution in [3.05, 3.63) is 60.2 Å². The third kappa shape index (κ3) is 6.12. The fourth-order valence-corrected chi connectivity index (χ4v) is 2.52. The molecular weight excluding hydrogens is 314 g/mol. The Kier molecular flexibility index (Phi) is 6.04. The quantitative estimate of drug-likeness (QED) is 0.845. The second-order valence-corrected chi connectivity index (χ2v) is 7.03. The molecule has 134 valence electrons. The van der Waals surface area contributed by atoms with Crippen molar-refractivity contribution in [3.63, 3.8) is 0 Å². The van der Waals surface area contributed by atoms with Crippen LogP contribution in [0.1, 0.15) is 19.4 Å². The maximum absolute atomic E-state index is 12.7. The van der Waals surface area contributed by atoms with Crippen LogP contribution in [0.25, 0.3) is 0 Å². The molecule has 0 fully saturated rings. The molecule has 2 rings (SSSR count). The summed E-state index contributed by atoms with van der Waals surface area (Å²) in [4.78, 5) is 16.3. The zero-order chi connectivity index (χ0) is 18.4. The largest absolute Gasteiger partial charge is 0.389 e. The second kappa shape index (κ2) is 8.03. The molecule has 5 heteroatoms. The summed E-state index contributed by atoms with van der Waals surface area (Å²) in [5.74, 6) is 0. The molecule has 0 spiro atoms. The van der Waals surface area contributed by atoms with E-state index in [-0.39, 0.29) is 12.6 Å². The molecule has 0 saturated heterocycles. The van der Waals surface area contributed by atoms with Gasteiger partial charge in [0.05, 0.1) is 12.1 Å². The van der Waals surface area contributed by atoms with Gasteiger partial charge in [0.25, 0.3) is 0 Å². The maximum atomic E-state index is 12.7. The van der Waals surface area contributed by atoms with E-state index in [4.69, 9.17) is 0 Å². The Morgan fingerprint density at radius 1 is 1.04 bits per heavy atom. The van der Waals surface area contributed by atoms with Gasteiger partial charge in [0.15, 0.2) is 0 Å². The lowest BCUT2D eigenvalue weighted by Crippen LogP contribution is -2.43. The molecule has 0 aliphatic heterocycles. The highest BCUT2D eigenvalue weighted by atomic mass is 16.3. The minimum Gasteiger partial charge on any atom is -0.389 e. The van der Waals surface area contributed by atoms with E-state index in [1.807, 2.05) is 73.6 Å². The Balaban J connectivity index is 2.11. The summed E-state index contributed by atoms with van der Waals surface area (Å²) in [7, 11) is 3.94. The number of hydrogen-bond acceptors (Lipinski definition) is 3. The smallest absolute Gasteiger partial charge is 0.322 e. The Morgan fingerprint density at radius 3 is 2.16 bits per heavy atom. The molecule has 0 aliphatic rings. The average Bonchev–Trinajstić information content (AvgIpc) is 2.54. The van der Waals surface area contributed by atoms with E-state index in [9.17, 15) is 9.90 Å². The lowest BCUT2D eigenvalue weighted by molar-refractivity contribution is 0.0469. The van der Waals surface area contributed by atoms with Crippen LogP contribution >= 0.6 is 0 Å². The molecule has 2 amide bonds. The second-order valence-electron chi connectivity index (χ2n) is 7.03. The predicted molar refractivity (Wildman–Crippen MR) is 103 cm³/mol. The molecule has 0 aliphatic carbocycles. The van der Waals surface area contributed by atoms with E-state index < -0.39 is 5.60 Å². The van der Waals surface area contributed by atoms with Crippen LogP contribution in [-0.4, -0.2) is 42.3 Å². The number of carbonyl (C=O) groups excluding carboxylic acids is 1. The number of anilines is 2. The average molecular weight is 341 g/mol. The SMILES string of the molecule is CN(C)c1ccc(NC(=O)N(Cc2ccccc2)CC(C)(C)O)cc1. The van der Waals surface area contributed by atoms with Crippen molar-refractivity contribution in [1.82, 2.24) is 4.90 Å². The number of amides is 2. The number of nitrogens with zero attached hydrogens (tertiary/aromatic N) is 2. The van der Waals surface area contributed by atoms with Crippen molar-refractivity contribution >= 4 is 17.4 Å². The summed E-state index contributed by atoms with van der Waals surface area (Å²) in [6, 6.07) is 17.2. The topological polar surface area (TPSA) is 55.8 Å². The minimum atomic E-state index is -0.971. The highest BCUT2D eigenvalue weighted by Crippen LogP contribution is 2.17. The number of hydrogen-bond donors (Lipinski definition) is 2. The molecule has 0 heterocycles. The zero-order valence-corrected chi connectivity index (χ0v) is 15.4. The molecule has 2 aromatic rings. The van der Waals surface area contributed by atoms with Crippen LogP contribution in [-0.2, 0) is 6.54 Å². The van der Waals surface area contributed by atoms with Gasteiger partial charge in [-0.2, -0.15) is 0 Å². The molecule has 25 heavy (non-hydrogen) atoms. The van der Waals surface area contributed by atoms with Crippen molar-refractivity contribution < 1.29 is 9.90 Å². The predicted octanol–water partition coefficient (Wildman–Crippen LogP) is 3.56. The maximum Gasteiger partial charge on any atom is 0.322 e. The van der Waals surface area contributed by atoms with Crippen LogP contribution in [0.2, 0.25) is 0 Å². The van der Waals surface area contributed by atoms with E-state index in [1.165, 1.54) is 0 Å². The third-order valence-corrected chi connectivity index (χ3v) is 3.72. The summed E-state index contributed by atoms with van der Waals surface area (Å²) in [5, 5.41) is 13.1. The normalized spacial score (nSPS) is 11.1. The van der Waals surface area contributed by atoms with E-state index in [0.29, 0.717) is 6.54 Å². The van der Waals surface area contributed by atoms with Crippen LogP contribution in [0.15, 0.2) is 54.6 Å². The number of urea groups is 1. The number of rotatable bonds is 6. The zero-order valence-electron chi connectivity index (χ0n) is 15.4. The van der Waals surface area contributed by atoms with Gasteiger partial charge in [-0.3, -0.25) is 0 Å². The van der Waals surface area contributed by atoms with Crippen molar-refractivity contribution in [2.45, 2.75) is 26.0 Å². The number of aliphatic hydroxyl groups is 1. The first-order valence-electron chi connectivity index (χ1n) is 8.34. The lowest BCUT2D eigenvalue weighted by atomic mass is 10.1. The highest BCUT2D eigenvalue weighted by Gasteiger charge is 2.22. The molecule has 0 aromatic heterocycles. The summed E-state index contributed by atoms with van der Waals surface area (Å²) in [5.41, 5.74) is 1.84. The van der Waals surface area contributed by atoms with E-state index in [2.05, 4.69) is 5.32 Å². The van der Waals surface area contributed by atoms with Crippen molar-refractivity contribution in [1.29, 1.82) is 0 Å².